The largest absolute Gasteiger partial charge is 0.406 e. The van der Waals surface area contributed by atoms with E-state index < -0.39 is 10.1 Å². The van der Waals surface area contributed by atoms with Crippen molar-refractivity contribution in [2.75, 3.05) is 6.16 Å². The predicted molar refractivity (Wildman–Crippen MR) is 48.0 cm³/mol. The van der Waals surface area contributed by atoms with Crippen molar-refractivity contribution in [2.45, 2.75) is 2.14 Å². The molecule has 0 radical (unpaired) electrons. The molecule has 3 N–H and O–H groups in total. The summed E-state index contributed by atoms with van der Waals surface area (Å²) in [5, 5.41) is 0. The van der Waals surface area contributed by atoms with Gasteiger partial charge in [-0.1, -0.05) is 47.8 Å². The van der Waals surface area contributed by atoms with Gasteiger partial charge in [-0.2, -0.15) is 14.7 Å². The minimum absolute atomic E-state index is 0.181. The molecule has 0 rings (SSSR count). The van der Waals surface area contributed by atoms with Gasteiger partial charge in [-0.3, -0.25) is 0 Å². The zero-order chi connectivity index (χ0) is 7.71. The normalized spacial score (nSPS) is 14.0. The average molecular weight is 348 g/mol. The van der Waals surface area contributed by atoms with E-state index in [0.717, 1.165) is 0 Å². The maximum atomic E-state index is 8.49. The molecule has 0 saturated carbocycles. The summed E-state index contributed by atoms with van der Waals surface area (Å²) in [5.41, 5.74) is 0. The summed E-state index contributed by atoms with van der Waals surface area (Å²) >= 11 is 8.99. The van der Waals surface area contributed by atoms with Crippen LogP contribution in [-0.4, -0.2) is 23.0 Å². The lowest BCUT2D eigenvalue weighted by atomic mass is 11.0. The highest BCUT2D eigenvalue weighted by molar-refractivity contribution is 9.39. The van der Waals surface area contributed by atoms with Gasteiger partial charge in [0.2, 0.25) is 0 Å². The summed E-state index contributed by atoms with van der Waals surface area (Å²) < 4.78 is -0.779. The monoisotopic (exact) mass is 345 g/mol. The Morgan fingerprint density at radius 2 is 1.44 bits per heavy atom. The summed E-state index contributed by atoms with van der Waals surface area (Å²) in [4.78, 5) is 25.5. The second-order valence-electron chi connectivity index (χ2n) is 1.47. The van der Waals surface area contributed by atoms with E-state index in [-0.39, 0.29) is 6.16 Å². The predicted octanol–water partition coefficient (Wildman–Crippen LogP) is 1.56. The third-order valence-electron chi connectivity index (χ3n) is 0.391. The van der Waals surface area contributed by atoms with Crippen LogP contribution in [0.1, 0.15) is 0 Å². The molecule has 0 bridgehead atoms. The van der Waals surface area contributed by atoms with Crippen LogP contribution in [0.25, 0.3) is 0 Å². The van der Waals surface area contributed by atoms with Crippen molar-refractivity contribution in [1.82, 2.24) is 0 Å². The van der Waals surface area contributed by atoms with E-state index in [1.807, 2.05) is 0 Å². The van der Waals surface area contributed by atoms with E-state index in [0.29, 0.717) is 0 Å². The lowest BCUT2D eigenvalue weighted by molar-refractivity contribution is 0.332. The van der Waals surface area contributed by atoms with Crippen LogP contribution in [0.5, 0.6) is 0 Å². The smallest absolute Gasteiger partial charge is 0.193 e. The number of rotatable bonds is 1. The molecule has 0 amide bonds. The lowest BCUT2D eigenvalue weighted by Crippen LogP contribution is -2.10. The summed E-state index contributed by atoms with van der Waals surface area (Å²) in [5.74, 6) is 0. The molecule has 0 spiro atoms. The SMILES string of the molecule is O[P+](O)(O)CC(Br)(Br)Br. The Morgan fingerprint density at radius 3 is 1.44 bits per heavy atom. The van der Waals surface area contributed by atoms with Crippen LogP contribution in [0.4, 0.5) is 0 Å². The maximum absolute atomic E-state index is 8.49. The van der Waals surface area contributed by atoms with Crippen molar-refractivity contribution in [2.24, 2.45) is 0 Å². The van der Waals surface area contributed by atoms with Gasteiger partial charge in [0.25, 0.3) is 0 Å². The van der Waals surface area contributed by atoms with E-state index in [1.54, 1.807) is 0 Å². The fourth-order valence-corrected chi connectivity index (χ4v) is 3.75. The van der Waals surface area contributed by atoms with Gasteiger partial charge < -0.3 is 0 Å². The van der Waals surface area contributed by atoms with Crippen molar-refractivity contribution in [1.29, 1.82) is 0 Å². The Labute approximate surface area is 78.4 Å². The van der Waals surface area contributed by atoms with Crippen molar-refractivity contribution >= 4 is 55.7 Å². The second kappa shape index (κ2) is 3.43. The molecule has 0 aliphatic rings. The van der Waals surface area contributed by atoms with Gasteiger partial charge in [0, 0.05) is 0 Å². The van der Waals surface area contributed by atoms with Crippen molar-refractivity contribution in [3.8, 4) is 0 Å². The van der Waals surface area contributed by atoms with E-state index in [1.165, 1.54) is 0 Å². The third-order valence-corrected chi connectivity index (χ3v) is 3.43. The number of hydrogen-bond donors (Lipinski definition) is 3. The zero-order valence-corrected chi connectivity index (χ0v) is 9.78. The molecule has 0 aromatic heterocycles. The summed E-state index contributed by atoms with van der Waals surface area (Å²) in [6.07, 6.45) is -0.181. The molecule has 56 valence electrons. The highest BCUT2D eigenvalue weighted by Crippen LogP contribution is 2.53. The van der Waals surface area contributed by atoms with Gasteiger partial charge in [0.15, 0.2) is 8.30 Å². The van der Waals surface area contributed by atoms with E-state index in [4.69, 9.17) is 14.7 Å². The Balaban J connectivity index is 3.75. The first-order chi connectivity index (χ1) is 3.71. The Hall–Kier alpha value is 1.75. The minimum atomic E-state index is -3.68. The van der Waals surface area contributed by atoms with Crippen molar-refractivity contribution in [3.05, 3.63) is 0 Å². The highest BCUT2D eigenvalue weighted by Gasteiger charge is 2.40. The molecule has 0 aliphatic carbocycles. The fraction of sp³-hybridized carbons (Fsp3) is 1.00. The first-order valence-corrected chi connectivity index (χ1v) is 6.05. The van der Waals surface area contributed by atoms with Crippen molar-refractivity contribution in [3.63, 3.8) is 0 Å². The first-order valence-electron chi connectivity index (χ1n) is 1.84. The van der Waals surface area contributed by atoms with Gasteiger partial charge in [-0.05, 0) is 0 Å². The van der Waals surface area contributed by atoms with Crippen molar-refractivity contribution < 1.29 is 14.7 Å². The molecule has 0 aromatic rings. The van der Waals surface area contributed by atoms with Crippen LogP contribution in [0, 0.1) is 0 Å². The first kappa shape index (κ1) is 10.8. The topological polar surface area (TPSA) is 60.7 Å². The molecular weight excluding hydrogens is 343 g/mol. The molecule has 0 atom stereocenters. The van der Waals surface area contributed by atoms with Crippen LogP contribution in [0.2, 0.25) is 0 Å². The van der Waals surface area contributed by atoms with Crippen LogP contribution in [0.3, 0.4) is 0 Å². The van der Waals surface area contributed by atoms with E-state index >= 15 is 0 Å². The van der Waals surface area contributed by atoms with Crippen LogP contribution >= 0.6 is 55.7 Å². The van der Waals surface area contributed by atoms with Gasteiger partial charge in [-0.15, -0.1) is 0 Å². The van der Waals surface area contributed by atoms with Gasteiger partial charge in [0.1, 0.15) is 0 Å². The molecule has 0 heterocycles. The lowest BCUT2D eigenvalue weighted by Gasteiger charge is -2.10. The quantitative estimate of drug-likeness (QED) is 0.498. The van der Waals surface area contributed by atoms with Gasteiger partial charge in [-0.25, -0.2) is 0 Å². The second-order valence-corrected chi connectivity index (χ2v) is 10.4. The van der Waals surface area contributed by atoms with Crippen LogP contribution in [0.15, 0.2) is 0 Å². The van der Waals surface area contributed by atoms with Crippen LogP contribution < -0.4 is 0 Å². The number of alkyl halides is 3. The fourth-order valence-electron chi connectivity index (χ4n) is 0.241. The third kappa shape index (κ3) is 9.75. The van der Waals surface area contributed by atoms with Gasteiger partial charge >= 0.3 is 7.94 Å². The summed E-state index contributed by atoms with van der Waals surface area (Å²) in [6, 6.07) is 0. The summed E-state index contributed by atoms with van der Waals surface area (Å²) in [6.45, 7) is 0. The summed E-state index contributed by atoms with van der Waals surface area (Å²) in [7, 11) is -3.68. The molecule has 0 unspecified atom stereocenters. The number of hydrogen-bond acceptors (Lipinski definition) is 3. The standard InChI is InChI=1S/C2H5Br3O3P/c3-2(4,5)1-9(6,7)8/h6-8H,1H2/q+1. The molecule has 0 aliphatic heterocycles. The molecule has 7 heteroatoms. The molecule has 0 aromatic carbocycles. The Bertz CT molecular complexity index is 82.2. The molecule has 9 heavy (non-hydrogen) atoms. The molecule has 0 fully saturated rings. The van der Waals surface area contributed by atoms with E-state index in [9.17, 15) is 0 Å². The Kier molecular flexibility index (Phi) is 4.10. The molecule has 0 saturated heterocycles. The average Bonchev–Trinajstić information content (AvgIpc) is 1.14. The molecular formula is C2H5Br3O3P+. The maximum Gasteiger partial charge on any atom is 0.406 e. The van der Waals surface area contributed by atoms with E-state index in [2.05, 4.69) is 47.8 Å². The van der Waals surface area contributed by atoms with Crippen LogP contribution in [-0.2, 0) is 0 Å². The highest BCUT2D eigenvalue weighted by atomic mass is 80.0. The minimum Gasteiger partial charge on any atom is -0.193 e. The van der Waals surface area contributed by atoms with Gasteiger partial charge in [0.05, 0.1) is 0 Å². The zero-order valence-electron chi connectivity index (χ0n) is 4.13. The Morgan fingerprint density at radius 1 is 1.11 bits per heavy atom. The number of halogens is 3. The molecule has 3 nitrogen and oxygen atoms in total.